The molecule has 0 unspecified atom stereocenters. The molecule has 0 saturated heterocycles. The van der Waals surface area contributed by atoms with Gasteiger partial charge in [0.1, 0.15) is 5.75 Å². The van der Waals surface area contributed by atoms with Gasteiger partial charge in [0.05, 0.1) is 6.61 Å². The number of halogens is 5. The van der Waals surface area contributed by atoms with Crippen molar-refractivity contribution in [1.29, 1.82) is 0 Å². The Morgan fingerprint density at radius 2 is 1.88 bits per heavy atom. The summed E-state index contributed by atoms with van der Waals surface area (Å²) in [6.07, 6.45) is -7.95. The first-order valence-corrected chi connectivity index (χ1v) is 4.11. The van der Waals surface area contributed by atoms with Crippen molar-refractivity contribution in [2.24, 2.45) is 0 Å². The van der Waals surface area contributed by atoms with Crippen LogP contribution in [0, 0.1) is 0 Å². The molecule has 0 aliphatic heterocycles. The molecule has 0 saturated carbocycles. The zero-order chi connectivity index (χ0) is 12.3. The molecule has 1 rings (SSSR count). The number of aliphatic hydroxyl groups excluding tert-OH is 1. The van der Waals surface area contributed by atoms with Gasteiger partial charge >= 0.3 is 6.36 Å². The Morgan fingerprint density at radius 1 is 1.25 bits per heavy atom. The van der Waals surface area contributed by atoms with E-state index in [0.717, 1.165) is 18.2 Å². The standard InChI is InChI=1S/C9H7F5O2/c10-8(11)5-2-1-3-7(6(5)4-15)16-9(12,13)14/h1-3,8,15H,4H2. The third kappa shape index (κ3) is 3.06. The van der Waals surface area contributed by atoms with E-state index >= 15 is 0 Å². The molecule has 0 aliphatic rings. The van der Waals surface area contributed by atoms with Crippen molar-refractivity contribution < 1.29 is 31.8 Å². The van der Waals surface area contributed by atoms with Gasteiger partial charge < -0.3 is 9.84 Å². The quantitative estimate of drug-likeness (QED) is 0.825. The van der Waals surface area contributed by atoms with Crippen molar-refractivity contribution in [3.63, 3.8) is 0 Å². The summed E-state index contributed by atoms with van der Waals surface area (Å²) in [4.78, 5) is 0. The van der Waals surface area contributed by atoms with Crippen molar-refractivity contribution in [1.82, 2.24) is 0 Å². The molecule has 0 aromatic heterocycles. The monoisotopic (exact) mass is 242 g/mol. The number of aliphatic hydroxyl groups is 1. The summed E-state index contributed by atoms with van der Waals surface area (Å²) in [5, 5.41) is 8.76. The third-order valence-electron chi connectivity index (χ3n) is 1.79. The maximum Gasteiger partial charge on any atom is 0.573 e. The average molecular weight is 242 g/mol. The fourth-order valence-electron chi connectivity index (χ4n) is 1.18. The van der Waals surface area contributed by atoms with Crippen molar-refractivity contribution >= 4 is 0 Å². The van der Waals surface area contributed by atoms with Gasteiger partial charge in [-0.05, 0) is 6.07 Å². The minimum Gasteiger partial charge on any atom is -0.405 e. The molecular weight excluding hydrogens is 235 g/mol. The van der Waals surface area contributed by atoms with Crippen molar-refractivity contribution in [3.05, 3.63) is 29.3 Å². The Hall–Kier alpha value is -1.37. The predicted molar refractivity (Wildman–Crippen MR) is 44.0 cm³/mol. The lowest BCUT2D eigenvalue weighted by Crippen LogP contribution is -2.18. The summed E-state index contributed by atoms with van der Waals surface area (Å²) in [7, 11) is 0. The largest absolute Gasteiger partial charge is 0.573 e. The number of hydrogen-bond acceptors (Lipinski definition) is 2. The number of alkyl halides is 5. The van der Waals surface area contributed by atoms with Gasteiger partial charge in [0, 0.05) is 11.1 Å². The summed E-state index contributed by atoms with van der Waals surface area (Å²) in [6.45, 7) is -0.952. The predicted octanol–water partition coefficient (Wildman–Crippen LogP) is 3.02. The Kier molecular flexibility index (Phi) is 3.69. The maximum absolute atomic E-state index is 12.4. The Labute approximate surface area is 87.3 Å². The van der Waals surface area contributed by atoms with Gasteiger partial charge in [0.2, 0.25) is 0 Å². The van der Waals surface area contributed by atoms with Gasteiger partial charge in [-0.25, -0.2) is 8.78 Å². The van der Waals surface area contributed by atoms with Crippen LogP contribution in [0.4, 0.5) is 22.0 Å². The van der Waals surface area contributed by atoms with Gasteiger partial charge in [0.25, 0.3) is 6.43 Å². The van der Waals surface area contributed by atoms with Crippen LogP contribution < -0.4 is 4.74 Å². The normalized spacial score (nSPS) is 11.9. The lowest BCUT2D eigenvalue weighted by molar-refractivity contribution is -0.275. The molecule has 1 aromatic rings. The second kappa shape index (κ2) is 4.65. The van der Waals surface area contributed by atoms with E-state index < -0.39 is 36.3 Å². The van der Waals surface area contributed by atoms with Crippen LogP contribution in [0.15, 0.2) is 18.2 Å². The van der Waals surface area contributed by atoms with Crippen molar-refractivity contribution in [2.75, 3.05) is 0 Å². The van der Waals surface area contributed by atoms with E-state index in [0.29, 0.717) is 0 Å². The first-order chi connectivity index (χ1) is 7.35. The highest BCUT2D eigenvalue weighted by molar-refractivity contribution is 5.40. The molecule has 0 aliphatic carbocycles. The highest BCUT2D eigenvalue weighted by atomic mass is 19.4. The minimum atomic E-state index is -4.98. The first-order valence-electron chi connectivity index (χ1n) is 4.11. The zero-order valence-corrected chi connectivity index (χ0v) is 7.76. The van der Waals surface area contributed by atoms with Crippen LogP contribution in [0.25, 0.3) is 0 Å². The van der Waals surface area contributed by atoms with Gasteiger partial charge in [-0.1, -0.05) is 12.1 Å². The van der Waals surface area contributed by atoms with Crippen molar-refractivity contribution in [2.45, 2.75) is 19.4 Å². The molecular formula is C9H7F5O2. The van der Waals surface area contributed by atoms with Gasteiger partial charge in [0.15, 0.2) is 0 Å². The summed E-state index contributed by atoms with van der Waals surface area (Å²) in [5.74, 6) is -0.812. The van der Waals surface area contributed by atoms with E-state index in [-0.39, 0.29) is 0 Å². The minimum absolute atomic E-state index is 0.560. The number of hydrogen-bond donors (Lipinski definition) is 1. The van der Waals surface area contributed by atoms with E-state index in [1.165, 1.54) is 0 Å². The first kappa shape index (κ1) is 12.7. The van der Waals surface area contributed by atoms with Crippen LogP contribution >= 0.6 is 0 Å². The number of benzene rings is 1. The van der Waals surface area contributed by atoms with E-state index in [2.05, 4.69) is 4.74 Å². The molecule has 16 heavy (non-hydrogen) atoms. The van der Waals surface area contributed by atoms with E-state index in [9.17, 15) is 22.0 Å². The second-order valence-corrected chi connectivity index (χ2v) is 2.83. The van der Waals surface area contributed by atoms with E-state index in [1.807, 2.05) is 0 Å². The molecule has 7 heteroatoms. The van der Waals surface area contributed by atoms with E-state index in [4.69, 9.17) is 5.11 Å². The van der Waals surface area contributed by atoms with Crippen LogP contribution in [0.1, 0.15) is 17.6 Å². The van der Waals surface area contributed by atoms with Gasteiger partial charge in [-0.15, -0.1) is 13.2 Å². The fourth-order valence-corrected chi connectivity index (χ4v) is 1.18. The van der Waals surface area contributed by atoms with Crippen LogP contribution in [-0.4, -0.2) is 11.5 Å². The summed E-state index contributed by atoms with van der Waals surface area (Å²) >= 11 is 0. The summed E-state index contributed by atoms with van der Waals surface area (Å²) < 4.78 is 64.0. The van der Waals surface area contributed by atoms with Gasteiger partial charge in [-0.3, -0.25) is 0 Å². The van der Waals surface area contributed by atoms with Crippen LogP contribution in [0.5, 0.6) is 5.75 Å². The van der Waals surface area contributed by atoms with E-state index in [1.54, 1.807) is 0 Å². The molecule has 0 spiro atoms. The molecule has 0 bridgehead atoms. The lowest BCUT2D eigenvalue weighted by atomic mass is 10.1. The summed E-state index contributed by atoms with van der Waals surface area (Å²) in [6, 6.07) is 2.80. The average Bonchev–Trinajstić information content (AvgIpc) is 2.14. The fraction of sp³-hybridized carbons (Fsp3) is 0.333. The molecule has 0 atom stereocenters. The second-order valence-electron chi connectivity index (χ2n) is 2.83. The Morgan fingerprint density at radius 3 is 2.31 bits per heavy atom. The van der Waals surface area contributed by atoms with Crippen molar-refractivity contribution in [3.8, 4) is 5.75 Å². The molecule has 1 N–H and O–H groups in total. The van der Waals surface area contributed by atoms with Gasteiger partial charge in [-0.2, -0.15) is 0 Å². The summed E-state index contributed by atoms with van der Waals surface area (Å²) in [5.41, 5.74) is -1.24. The molecule has 2 nitrogen and oxygen atoms in total. The molecule has 1 aromatic carbocycles. The smallest absolute Gasteiger partial charge is 0.405 e. The molecule has 0 amide bonds. The van der Waals surface area contributed by atoms with Crippen LogP contribution in [0.2, 0.25) is 0 Å². The number of rotatable bonds is 3. The molecule has 90 valence electrons. The Balaban J connectivity index is 3.14. The third-order valence-corrected chi connectivity index (χ3v) is 1.79. The van der Waals surface area contributed by atoms with Crippen LogP contribution in [0.3, 0.4) is 0 Å². The molecule has 0 fully saturated rings. The van der Waals surface area contributed by atoms with Crippen LogP contribution in [-0.2, 0) is 6.61 Å². The Bertz CT molecular complexity index is 361. The lowest BCUT2D eigenvalue weighted by Gasteiger charge is -2.14. The zero-order valence-electron chi connectivity index (χ0n) is 7.76. The molecule has 0 heterocycles. The highest BCUT2D eigenvalue weighted by Gasteiger charge is 2.32. The maximum atomic E-state index is 12.4. The topological polar surface area (TPSA) is 29.5 Å². The SMILES string of the molecule is OCc1c(OC(F)(F)F)cccc1C(F)F. The molecule has 0 radical (unpaired) electrons. The highest BCUT2D eigenvalue weighted by Crippen LogP contribution is 2.32. The number of ether oxygens (including phenoxy) is 1.